The number of fused-ring (bicyclic) bond motifs is 1. The lowest BCUT2D eigenvalue weighted by Crippen LogP contribution is -2.03. The number of carbonyl (C=O) groups is 1. The lowest BCUT2D eigenvalue weighted by molar-refractivity contribution is 0.101. The van der Waals surface area contributed by atoms with Crippen molar-refractivity contribution >= 4 is 22.4 Å². The van der Waals surface area contributed by atoms with Crippen molar-refractivity contribution in [3.05, 3.63) is 59.9 Å². The summed E-state index contributed by atoms with van der Waals surface area (Å²) in [6.45, 7) is 2.50. The van der Waals surface area contributed by atoms with E-state index in [2.05, 4.69) is 0 Å². The fraction of sp³-hybridized carbons (Fsp3) is 0.118. The molecule has 1 heterocycles. The van der Waals surface area contributed by atoms with E-state index < -0.39 is 0 Å². The van der Waals surface area contributed by atoms with Gasteiger partial charge in [0.15, 0.2) is 5.76 Å². The predicted molar refractivity (Wildman–Crippen MR) is 81.7 cm³/mol. The number of hydrogen-bond acceptors (Lipinski definition) is 4. The number of rotatable bonds is 4. The summed E-state index contributed by atoms with van der Waals surface area (Å²) in [5.41, 5.74) is 7.53. The van der Waals surface area contributed by atoms with E-state index in [0.717, 1.165) is 11.1 Å². The second-order valence-corrected chi connectivity index (χ2v) is 4.63. The number of carbonyl (C=O) groups excluding carboxylic acids is 1. The molecular formula is C17H15NO3. The molecule has 0 saturated carbocycles. The molecule has 3 rings (SSSR count). The highest BCUT2D eigenvalue weighted by molar-refractivity contribution is 6.14. The van der Waals surface area contributed by atoms with Crippen LogP contribution in [0.2, 0.25) is 0 Å². The zero-order chi connectivity index (χ0) is 14.8. The summed E-state index contributed by atoms with van der Waals surface area (Å²) in [7, 11) is 0. The molecule has 2 N–H and O–H groups in total. The summed E-state index contributed by atoms with van der Waals surface area (Å²) in [4.78, 5) is 12.5. The molecular weight excluding hydrogens is 266 g/mol. The third kappa shape index (κ3) is 2.36. The van der Waals surface area contributed by atoms with E-state index in [1.807, 2.05) is 25.1 Å². The van der Waals surface area contributed by atoms with Gasteiger partial charge in [0.05, 0.1) is 12.3 Å². The maximum atomic E-state index is 12.5. The molecule has 0 unspecified atom stereocenters. The molecule has 3 aromatic rings. The van der Waals surface area contributed by atoms with E-state index in [4.69, 9.17) is 14.9 Å². The van der Waals surface area contributed by atoms with Gasteiger partial charge in [-0.15, -0.1) is 0 Å². The van der Waals surface area contributed by atoms with Gasteiger partial charge in [-0.1, -0.05) is 12.1 Å². The SMILES string of the molecule is CCOc1ccc(C(=O)c2oc3ccccc3c2N)cc1. The highest BCUT2D eigenvalue weighted by Gasteiger charge is 2.19. The zero-order valence-corrected chi connectivity index (χ0v) is 11.6. The average molecular weight is 281 g/mol. The van der Waals surface area contributed by atoms with Crippen LogP contribution in [0.3, 0.4) is 0 Å². The molecule has 0 radical (unpaired) electrons. The Labute approximate surface area is 122 Å². The van der Waals surface area contributed by atoms with Crippen LogP contribution < -0.4 is 10.5 Å². The third-order valence-corrected chi connectivity index (χ3v) is 3.27. The van der Waals surface area contributed by atoms with Crippen LogP contribution in [0, 0.1) is 0 Å². The molecule has 0 aliphatic carbocycles. The molecule has 1 aromatic heterocycles. The van der Waals surface area contributed by atoms with Gasteiger partial charge in [-0.2, -0.15) is 0 Å². The van der Waals surface area contributed by atoms with Crippen LogP contribution in [0.1, 0.15) is 23.0 Å². The molecule has 0 aliphatic rings. The summed E-state index contributed by atoms with van der Waals surface area (Å²) >= 11 is 0. The quantitative estimate of drug-likeness (QED) is 0.741. The van der Waals surface area contributed by atoms with Gasteiger partial charge in [-0.3, -0.25) is 4.79 Å². The van der Waals surface area contributed by atoms with Gasteiger partial charge in [-0.25, -0.2) is 0 Å². The largest absolute Gasteiger partial charge is 0.494 e. The lowest BCUT2D eigenvalue weighted by atomic mass is 10.1. The van der Waals surface area contributed by atoms with Crippen molar-refractivity contribution in [1.82, 2.24) is 0 Å². The Morgan fingerprint density at radius 2 is 1.86 bits per heavy atom. The zero-order valence-electron chi connectivity index (χ0n) is 11.6. The van der Waals surface area contributed by atoms with Gasteiger partial charge in [0.25, 0.3) is 0 Å². The molecule has 2 aromatic carbocycles. The fourth-order valence-electron chi connectivity index (χ4n) is 2.23. The van der Waals surface area contributed by atoms with E-state index in [1.54, 1.807) is 30.3 Å². The van der Waals surface area contributed by atoms with Crippen molar-refractivity contribution in [3.8, 4) is 5.75 Å². The summed E-state index contributed by atoms with van der Waals surface area (Å²) in [5.74, 6) is 0.679. The Morgan fingerprint density at radius 1 is 1.14 bits per heavy atom. The smallest absolute Gasteiger partial charge is 0.230 e. The Hall–Kier alpha value is -2.75. The van der Waals surface area contributed by atoms with Crippen molar-refractivity contribution in [3.63, 3.8) is 0 Å². The molecule has 0 fully saturated rings. The second kappa shape index (κ2) is 5.32. The molecule has 0 amide bonds. The molecule has 0 atom stereocenters. The Bertz CT molecular complexity index is 787. The number of anilines is 1. The topological polar surface area (TPSA) is 65.5 Å². The van der Waals surface area contributed by atoms with E-state index >= 15 is 0 Å². The monoisotopic (exact) mass is 281 g/mol. The maximum absolute atomic E-state index is 12.5. The van der Waals surface area contributed by atoms with E-state index in [9.17, 15) is 4.79 Å². The van der Waals surface area contributed by atoms with Crippen molar-refractivity contribution in [1.29, 1.82) is 0 Å². The summed E-state index contributed by atoms with van der Waals surface area (Å²) in [5, 5.41) is 0.756. The molecule has 4 heteroatoms. The van der Waals surface area contributed by atoms with Gasteiger partial charge in [0, 0.05) is 10.9 Å². The summed E-state index contributed by atoms with van der Waals surface area (Å²) in [6, 6.07) is 14.3. The van der Waals surface area contributed by atoms with Crippen molar-refractivity contribution < 1.29 is 13.9 Å². The minimum absolute atomic E-state index is 0.181. The third-order valence-electron chi connectivity index (χ3n) is 3.27. The first-order chi connectivity index (χ1) is 10.2. The molecule has 0 bridgehead atoms. The lowest BCUT2D eigenvalue weighted by Gasteiger charge is -2.03. The number of ketones is 1. The first-order valence-electron chi connectivity index (χ1n) is 6.75. The van der Waals surface area contributed by atoms with E-state index in [0.29, 0.717) is 23.4 Å². The molecule has 0 aliphatic heterocycles. The van der Waals surface area contributed by atoms with Gasteiger partial charge in [0.1, 0.15) is 11.3 Å². The van der Waals surface area contributed by atoms with Crippen molar-refractivity contribution in [2.24, 2.45) is 0 Å². The fourth-order valence-corrected chi connectivity index (χ4v) is 2.23. The van der Waals surface area contributed by atoms with Crippen molar-refractivity contribution in [2.75, 3.05) is 12.3 Å². The Balaban J connectivity index is 1.98. The molecule has 4 nitrogen and oxygen atoms in total. The summed E-state index contributed by atoms with van der Waals surface area (Å²) < 4.78 is 10.9. The van der Waals surface area contributed by atoms with Crippen LogP contribution in [-0.4, -0.2) is 12.4 Å². The highest BCUT2D eigenvalue weighted by atomic mass is 16.5. The van der Waals surface area contributed by atoms with Crippen LogP contribution >= 0.6 is 0 Å². The second-order valence-electron chi connectivity index (χ2n) is 4.63. The molecule has 0 saturated heterocycles. The Morgan fingerprint density at radius 3 is 2.52 bits per heavy atom. The number of benzene rings is 2. The maximum Gasteiger partial charge on any atom is 0.230 e. The number of hydrogen-bond donors (Lipinski definition) is 1. The first-order valence-corrected chi connectivity index (χ1v) is 6.75. The van der Waals surface area contributed by atoms with Crippen LogP contribution in [0.4, 0.5) is 5.69 Å². The van der Waals surface area contributed by atoms with Crippen LogP contribution in [0.5, 0.6) is 5.75 Å². The van der Waals surface area contributed by atoms with Crippen LogP contribution in [-0.2, 0) is 0 Å². The number of furan rings is 1. The number of ether oxygens (including phenoxy) is 1. The average Bonchev–Trinajstić information content (AvgIpc) is 2.85. The van der Waals surface area contributed by atoms with Gasteiger partial charge in [-0.05, 0) is 43.3 Å². The van der Waals surface area contributed by atoms with Crippen molar-refractivity contribution in [2.45, 2.75) is 6.92 Å². The molecule has 106 valence electrons. The number of para-hydroxylation sites is 1. The van der Waals surface area contributed by atoms with Gasteiger partial charge >= 0.3 is 0 Å². The van der Waals surface area contributed by atoms with Crippen LogP contribution in [0.15, 0.2) is 52.9 Å². The highest BCUT2D eigenvalue weighted by Crippen LogP contribution is 2.30. The minimum Gasteiger partial charge on any atom is -0.494 e. The number of nitrogens with two attached hydrogens (primary N) is 1. The predicted octanol–water partition coefficient (Wildman–Crippen LogP) is 3.64. The minimum atomic E-state index is -0.230. The summed E-state index contributed by atoms with van der Waals surface area (Å²) in [6.07, 6.45) is 0. The Kier molecular flexibility index (Phi) is 3.36. The first kappa shape index (κ1) is 13.2. The molecule has 21 heavy (non-hydrogen) atoms. The normalized spacial score (nSPS) is 10.7. The van der Waals surface area contributed by atoms with E-state index in [1.165, 1.54) is 0 Å². The molecule has 0 spiro atoms. The van der Waals surface area contributed by atoms with Gasteiger partial charge < -0.3 is 14.9 Å². The standard InChI is InChI=1S/C17H15NO3/c1-2-20-12-9-7-11(8-10-12)16(19)17-15(18)13-5-3-4-6-14(13)21-17/h3-10H,2,18H2,1H3. The number of nitrogen functional groups attached to an aromatic ring is 1. The van der Waals surface area contributed by atoms with Crippen LogP contribution in [0.25, 0.3) is 11.0 Å². The van der Waals surface area contributed by atoms with Gasteiger partial charge in [0.2, 0.25) is 5.78 Å². The van der Waals surface area contributed by atoms with E-state index in [-0.39, 0.29) is 11.5 Å².